The third-order valence-corrected chi connectivity index (χ3v) is 2.79. The fourth-order valence-corrected chi connectivity index (χ4v) is 2.12. The second kappa shape index (κ2) is 4.01. The number of aromatic hydroxyl groups is 3. The van der Waals surface area contributed by atoms with Gasteiger partial charge < -0.3 is 15.3 Å². The largest absolute Gasteiger partial charge is 0.508 e. The smallest absolute Gasteiger partial charge is 0.127 e. The number of hydrogen-bond acceptors (Lipinski definition) is 3. The Morgan fingerprint density at radius 2 is 1.24 bits per heavy atom. The normalized spacial score (nSPS) is 10.5. The van der Waals surface area contributed by atoms with Crippen LogP contribution in [0.25, 0.3) is 11.1 Å². The van der Waals surface area contributed by atoms with Gasteiger partial charge in [0.05, 0.1) is 5.56 Å². The van der Waals surface area contributed by atoms with Gasteiger partial charge in [0.2, 0.25) is 0 Å². The summed E-state index contributed by atoms with van der Waals surface area (Å²) in [7, 11) is 0. The van der Waals surface area contributed by atoms with Crippen LogP contribution in [0.3, 0.4) is 0 Å². The first kappa shape index (κ1) is 11.3. The lowest BCUT2D eigenvalue weighted by molar-refractivity contribution is 0.453. The molecule has 2 aromatic rings. The summed E-state index contributed by atoms with van der Waals surface area (Å²) in [4.78, 5) is 0. The Morgan fingerprint density at radius 3 is 1.71 bits per heavy atom. The van der Waals surface area contributed by atoms with Crippen molar-refractivity contribution in [3.05, 3.63) is 41.5 Å². The molecule has 0 spiro atoms. The number of phenolic OH excluding ortho intramolecular Hbond substituents is 3. The minimum absolute atomic E-state index is 0.0295. The predicted octanol–water partition coefficient (Wildman–Crippen LogP) is 3.09. The van der Waals surface area contributed by atoms with E-state index >= 15 is 0 Å². The van der Waals surface area contributed by atoms with Gasteiger partial charge in [0, 0.05) is 0 Å². The second-order valence-electron chi connectivity index (χ2n) is 4.13. The molecule has 3 nitrogen and oxygen atoms in total. The maximum atomic E-state index is 9.84. The van der Waals surface area contributed by atoms with Crippen molar-refractivity contribution >= 4 is 0 Å². The lowest BCUT2D eigenvalue weighted by Crippen LogP contribution is -1.89. The molecule has 0 bridgehead atoms. The molecule has 0 aliphatic carbocycles. The van der Waals surface area contributed by atoms with Gasteiger partial charge in [-0.1, -0.05) is 6.07 Å². The van der Waals surface area contributed by atoms with Gasteiger partial charge in [0.15, 0.2) is 0 Å². The molecule has 88 valence electrons. The van der Waals surface area contributed by atoms with Crippen LogP contribution in [0, 0.1) is 13.8 Å². The molecule has 0 saturated carbocycles. The number of aryl methyl sites for hydroxylation is 2. The molecule has 3 heteroatoms. The Hall–Kier alpha value is -2.16. The molecule has 0 atom stereocenters. The summed E-state index contributed by atoms with van der Waals surface area (Å²) < 4.78 is 0. The Balaban J connectivity index is 2.77. The van der Waals surface area contributed by atoms with Crippen LogP contribution in [-0.4, -0.2) is 15.3 Å². The van der Waals surface area contributed by atoms with Crippen LogP contribution in [0.1, 0.15) is 11.1 Å². The zero-order valence-electron chi connectivity index (χ0n) is 9.73. The Labute approximate surface area is 99.6 Å². The van der Waals surface area contributed by atoms with Crippen LogP contribution in [0.4, 0.5) is 0 Å². The second-order valence-corrected chi connectivity index (χ2v) is 4.13. The van der Waals surface area contributed by atoms with Crippen molar-refractivity contribution in [2.24, 2.45) is 0 Å². The van der Waals surface area contributed by atoms with Gasteiger partial charge in [-0.3, -0.25) is 0 Å². The summed E-state index contributed by atoms with van der Waals surface area (Å²) in [5.74, 6) is 0.238. The first-order valence-corrected chi connectivity index (χ1v) is 5.32. The highest BCUT2D eigenvalue weighted by molar-refractivity contribution is 5.81. The Morgan fingerprint density at radius 1 is 0.765 bits per heavy atom. The highest BCUT2D eigenvalue weighted by Gasteiger charge is 2.15. The van der Waals surface area contributed by atoms with Crippen LogP contribution in [-0.2, 0) is 0 Å². The standard InChI is InChI=1S/C14H14O3/c1-8-6-10(15)7-9(2)13(8)14-11(16)4-3-5-12(14)17/h3-7,15-17H,1-2H3. The van der Waals surface area contributed by atoms with Crippen LogP contribution < -0.4 is 0 Å². The van der Waals surface area contributed by atoms with Crippen molar-refractivity contribution in [3.8, 4) is 28.4 Å². The first-order chi connectivity index (χ1) is 8.00. The molecule has 0 saturated heterocycles. The average Bonchev–Trinajstić information content (AvgIpc) is 2.21. The van der Waals surface area contributed by atoms with E-state index in [2.05, 4.69) is 0 Å². The van der Waals surface area contributed by atoms with Crippen molar-refractivity contribution in [1.82, 2.24) is 0 Å². The molecule has 17 heavy (non-hydrogen) atoms. The van der Waals surface area contributed by atoms with Gasteiger partial charge in [-0.15, -0.1) is 0 Å². The lowest BCUT2D eigenvalue weighted by atomic mass is 9.94. The molecule has 0 aliphatic heterocycles. The molecule has 0 heterocycles. The predicted molar refractivity (Wildman–Crippen MR) is 66.3 cm³/mol. The fraction of sp³-hybridized carbons (Fsp3) is 0.143. The number of hydrogen-bond donors (Lipinski definition) is 3. The minimum Gasteiger partial charge on any atom is -0.508 e. The zero-order chi connectivity index (χ0) is 12.6. The molecule has 0 unspecified atom stereocenters. The molecule has 2 rings (SSSR count). The van der Waals surface area contributed by atoms with Gasteiger partial charge in [0.1, 0.15) is 17.2 Å². The van der Waals surface area contributed by atoms with Crippen molar-refractivity contribution in [1.29, 1.82) is 0 Å². The van der Waals surface area contributed by atoms with Gasteiger partial charge in [-0.05, 0) is 54.8 Å². The van der Waals surface area contributed by atoms with Gasteiger partial charge in [-0.2, -0.15) is 0 Å². The maximum Gasteiger partial charge on any atom is 0.127 e. The topological polar surface area (TPSA) is 60.7 Å². The summed E-state index contributed by atoms with van der Waals surface area (Å²) in [5.41, 5.74) is 2.76. The SMILES string of the molecule is Cc1cc(O)cc(C)c1-c1c(O)cccc1O. The Bertz CT molecular complexity index is 530. The van der Waals surface area contributed by atoms with E-state index in [1.807, 2.05) is 13.8 Å². The molecule has 0 aromatic heterocycles. The molecule has 0 radical (unpaired) electrons. The van der Waals surface area contributed by atoms with E-state index < -0.39 is 0 Å². The molecular formula is C14H14O3. The fourth-order valence-electron chi connectivity index (χ4n) is 2.12. The highest BCUT2D eigenvalue weighted by atomic mass is 16.3. The van der Waals surface area contributed by atoms with Crippen LogP contribution in [0.5, 0.6) is 17.2 Å². The van der Waals surface area contributed by atoms with Gasteiger partial charge in [0.25, 0.3) is 0 Å². The molecule has 3 N–H and O–H groups in total. The molecule has 0 amide bonds. The van der Waals surface area contributed by atoms with E-state index in [0.29, 0.717) is 5.56 Å². The average molecular weight is 230 g/mol. The van der Waals surface area contributed by atoms with Crippen molar-refractivity contribution < 1.29 is 15.3 Å². The summed E-state index contributed by atoms with van der Waals surface area (Å²) >= 11 is 0. The van der Waals surface area contributed by atoms with Gasteiger partial charge >= 0.3 is 0 Å². The summed E-state index contributed by atoms with van der Waals surface area (Å²) in [5, 5.41) is 29.2. The minimum atomic E-state index is 0.0295. The van der Waals surface area contributed by atoms with Gasteiger partial charge in [-0.25, -0.2) is 0 Å². The molecular weight excluding hydrogens is 216 g/mol. The van der Waals surface area contributed by atoms with E-state index in [4.69, 9.17) is 0 Å². The van der Waals surface area contributed by atoms with E-state index in [0.717, 1.165) is 16.7 Å². The van der Waals surface area contributed by atoms with E-state index in [1.54, 1.807) is 18.2 Å². The van der Waals surface area contributed by atoms with Crippen LogP contribution >= 0.6 is 0 Å². The quantitative estimate of drug-likeness (QED) is 0.705. The zero-order valence-corrected chi connectivity index (χ0v) is 9.73. The third-order valence-electron chi connectivity index (χ3n) is 2.79. The van der Waals surface area contributed by atoms with Crippen LogP contribution in [0.15, 0.2) is 30.3 Å². The number of rotatable bonds is 1. The van der Waals surface area contributed by atoms with E-state index in [1.165, 1.54) is 12.1 Å². The number of benzene rings is 2. The third kappa shape index (κ3) is 1.91. The summed E-state index contributed by atoms with van der Waals surface area (Å²) in [6.07, 6.45) is 0. The Kier molecular flexibility index (Phi) is 2.68. The number of phenols is 3. The first-order valence-electron chi connectivity index (χ1n) is 5.32. The summed E-state index contributed by atoms with van der Waals surface area (Å²) in [6, 6.07) is 7.85. The van der Waals surface area contributed by atoms with E-state index in [9.17, 15) is 15.3 Å². The van der Waals surface area contributed by atoms with E-state index in [-0.39, 0.29) is 17.2 Å². The monoisotopic (exact) mass is 230 g/mol. The maximum absolute atomic E-state index is 9.84. The lowest BCUT2D eigenvalue weighted by Gasteiger charge is -2.13. The molecule has 2 aromatic carbocycles. The highest BCUT2D eigenvalue weighted by Crippen LogP contribution is 2.41. The van der Waals surface area contributed by atoms with Crippen molar-refractivity contribution in [2.45, 2.75) is 13.8 Å². The van der Waals surface area contributed by atoms with Crippen molar-refractivity contribution in [3.63, 3.8) is 0 Å². The molecule has 0 fully saturated rings. The van der Waals surface area contributed by atoms with Crippen LogP contribution in [0.2, 0.25) is 0 Å². The van der Waals surface area contributed by atoms with Crippen molar-refractivity contribution in [2.75, 3.05) is 0 Å². The molecule has 0 aliphatic rings. The summed E-state index contributed by atoms with van der Waals surface area (Å²) in [6.45, 7) is 3.65.